The minimum Gasteiger partial charge on any atom is -0.469 e. The largest absolute Gasteiger partial charge is 0.469 e. The number of carbonyl (C=O) groups excluding carboxylic acids is 2. The number of halogens is 2. The fraction of sp³-hybridized carbons (Fsp3) is 0.200. The van der Waals surface area contributed by atoms with Crippen molar-refractivity contribution in [1.82, 2.24) is 0 Å². The molecule has 0 aliphatic carbocycles. The SMILES string of the molecule is COC(=O)Cc1cc(Cl)cc(C=O)c1Br. The summed E-state index contributed by atoms with van der Waals surface area (Å²) < 4.78 is 5.11. The Morgan fingerprint density at radius 1 is 1.60 bits per heavy atom. The van der Waals surface area contributed by atoms with Crippen LogP contribution in [0.5, 0.6) is 0 Å². The Labute approximate surface area is 100 Å². The standard InChI is InChI=1S/C10H8BrClO3/c1-15-9(14)4-6-2-8(12)3-7(5-13)10(6)11/h2-3,5H,4H2,1H3. The lowest BCUT2D eigenvalue weighted by Gasteiger charge is -2.06. The Bertz CT molecular complexity index is 404. The molecule has 0 aliphatic rings. The minimum absolute atomic E-state index is 0.0818. The highest BCUT2D eigenvalue weighted by Crippen LogP contribution is 2.25. The summed E-state index contributed by atoms with van der Waals surface area (Å²) in [5.74, 6) is -0.380. The van der Waals surface area contributed by atoms with Crippen LogP contribution in [-0.2, 0) is 16.0 Å². The van der Waals surface area contributed by atoms with Crippen molar-refractivity contribution in [2.45, 2.75) is 6.42 Å². The fourth-order valence-electron chi connectivity index (χ4n) is 1.11. The molecule has 0 aromatic heterocycles. The monoisotopic (exact) mass is 290 g/mol. The van der Waals surface area contributed by atoms with Crippen LogP contribution in [0.3, 0.4) is 0 Å². The van der Waals surface area contributed by atoms with E-state index in [1.807, 2.05) is 0 Å². The number of benzene rings is 1. The first kappa shape index (κ1) is 12.2. The first-order chi connectivity index (χ1) is 7.08. The van der Waals surface area contributed by atoms with Crippen LogP contribution in [0.1, 0.15) is 15.9 Å². The van der Waals surface area contributed by atoms with Gasteiger partial charge in [-0.15, -0.1) is 0 Å². The van der Waals surface area contributed by atoms with E-state index in [9.17, 15) is 9.59 Å². The predicted octanol–water partition coefficient (Wildman–Crippen LogP) is 2.63. The van der Waals surface area contributed by atoms with Crippen molar-refractivity contribution in [2.75, 3.05) is 7.11 Å². The summed E-state index contributed by atoms with van der Waals surface area (Å²) >= 11 is 9.03. The summed E-state index contributed by atoms with van der Waals surface area (Å²) in [6.45, 7) is 0. The van der Waals surface area contributed by atoms with Crippen molar-refractivity contribution in [3.05, 3.63) is 32.8 Å². The second-order valence-corrected chi connectivity index (χ2v) is 4.07. The smallest absolute Gasteiger partial charge is 0.310 e. The Balaban J connectivity index is 3.11. The Morgan fingerprint density at radius 3 is 2.80 bits per heavy atom. The van der Waals surface area contributed by atoms with Crippen molar-refractivity contribution in [1.29, 1.82) is 0 Å². The zero-order chi connectivity index (χ0) is 11.4. The lowest BCUT2D eigenvalue weighted by molar-refractivity contribution is -0.139. The van der Waals surface area contributed by atoms with Gasteiger partial charge in [-0.05, 0) is 33.6 Å². The molecular weight excluding hydrogens is 283 g/mol. The van der Waals surface area contributed by atoms with Crippen LogP contribution in [0.4, 0.5) is 0 Å². The molecule has 0 heterocycles. The van der Waals surface area contributed by atoms with Crippen LogP contribution in [0.2, 0.25) is 5.02 Å². The Morgan fingerprint density at radius 2 is 2.27 bits per heavy atom. The summed E-state index contributed by atoms with van der Waals surface area (Å²) in [6, 6.07) is 3.15. The zero-order valence-electron chi connectivity index (χ0n) is 7.92. The second kappa shape index (κ2) is 5.28. The first-order valence-corrected chi connectivity index (χ1v) is 5.25. The third-order valence-electron chi connectivity index (χ3n) is 1.83. The van der Waals surface area contributed by atoms with Crippen LogP contribution < -0.4 is 0 Å². The van der Waals surface area contributed by atoms with Gasteiger partial charge >= 0.3 is 5.97 Å². The van der Waals surface area contributed by atoms with E-state index < -0.39 is 0 Å². The zero-order valence-corrected chi connectivity index (χ0v) is 10.3. The van der Waals surface area contributed by atoms with E-state index >= 15 is 0 Å². The lowest BCUT2D eigenvalue weighted by Crippen LogP contribution is -2.05. The van der Waals surface area contributed by atoms with Crippen LogP contribution in [0, 0.1) is 0 Å². The summed E-state index contributed by atoms with van der Waals surface area (Å²) in [4.78, 5) is 21.8. The number of hydrogen-bond donors (Lipinski definition) is 0. The molecule has 1 aromatic rings. The van der Waals surface area contributed by atoms with Gasteiger partial charge in [0.15, 0.2) is 6.29 Å². The molecule has 3 nitrogen and oxygen atoms in total. The highest BCUT2D eigenvalue weighted by atomic mass is 79.9. The molecule has 0 spiro atoms. The van der Waals surface area contributed by atoms with Crippen molar-refractivity contribution in [2.24, 2.45) is 0 Å². The maximum atomic E-state index is 11.1. The van der Waals surface area contributed by atoms with E-state index in [1.165, 1.54) is 13.2 Å². The fourth-order valence-corrected chi connectivity index (χ4v) is 1.82. The maximum absolute atomic E-state index is 11.1. The van der Waals surface area contributed by atoms with Crippen LogP contribution in [0.25, 0.3) is 0 Å². The topological polar surface area (TPSA) is 43.4 Å². The molecule has 0 bridgehead atoms. The average Bonchev–Trinajstić information content (AvgIpc) is 2.22. The third-order valence-corrected chi connectivity index (χ3v) is 3.02. The van der Waals surface area contributed by atoms with Gasteiger partial charge in [-0.1, -0.05) is 11.6 Å². The van der Waals surface area contributed by atoms with Gasteiger partial charge in [-0.25, -0.2) is 0 Å². The number of ether oxygens (including phenoxy) is 1. The van der Waals surface area contributed by atoms with E-state index in [4.69, 9.17) is 11.6 Å². The molecule has 1 aromatic carbocycles. The van der Waals surface area contributed by atoms with E-state index in [2.05, 4.69) is 20.7 Å². The van der Waals surface area contributed by atoms with Gasteiger partial charge in [0.25, 0.3) is 0 Å². The predicted molar refractivity (Wildman–Crippen MR) is 60.3 cm³/mol. The number of rotatable bonds is 3. The molecule has 0 saturated carbocycles. The first-order valence-electron chi connectivity index (χ1n) is 4.08. The molecule has 0 radical (unpaired) electrons. The number of esters is 1. The quantitative estimate of drug-likeness (QED) is 0.635. The number of carbonyl (C=O) groups is 2. The molecule has 0 amide bonds. The molecule has 0 aliphatic heterocycles. The molecule has 1 rings (SSSR count). The van der Waals surface area contributed by atoms with E-state index in [0.717, 1.165) is 0 Å². The third kappa shape index (κ3) is 3.04. The van der Waals surface area contributed by atoms with Gasteiger partial charge < -0.3 is 4.74 Å². The van der Waals surface area contributed by atoms with E-state index in [-0.39, 0.29) is 12.4 Å². The molecule has 0 atom stereocenters. The molecule has 0 unspecified atom stereocenters. The summed E-state index contributed by atoms with van der Waals surface area (Å²) in [7, 11) is 1.31. The van der Waals surface area contributed by atoms with Crippen LogP contribution in [-0.4, -0.2) is 19.4 Å². The number of methoxy groups -OCH3 is 1. The lowest BCUT2D eigenvalue weighted by atomic mass is 10.1. The van der Waals surface area contributed by atoms with E-state index in [0.29, 0.717) is 26.9 Å². The molecular formula is C10H8BrClO3. The Kier molecular flexibility index (Phi) is 4.29. The molecule has 15 heavy (non-hydrogen) atoms. The molecule has 0 saturated heterocycles. The summed E-state index contributed by atoms with van der Waals surface area (Å²) in [6.07, 6.45) is 0.759. The minimum atomic E-state index is -0.380. The van der Waals surface area contributed by atoms with Gasteiger partial charge in [0.05, 0.1) is 13.5 Å². The van der Waals surface area contributed by atoms with Gasteiger partial charge in [0, 0.05) is 15.1 Å². The number of hydrogen-bond acceptors (Lipinski definition) is 3. The van der Waals surface area contributed by atoms with Crippen molar-refractivity contribution >= 4 is 39.8 Å². The van der Waals surface area contributed by atoms with Gasteiger partial charge in [-0.3, -0.25) is 9.59 Å². The highest BCUT2D eigenvalue weighted by Gasteiger charge is 2.11. The van der Waals surface area contributed by atoms with Crippen LogP contribution in [0.15, 0.2) is 16.6 Å². The molecule has 0 fully saturated rings. The highest BCUT2D eigenvalue weighted by molar-refractivity contribution is 9.10. The number of aldehydes is 1. The summed E-state index contributed by atoms with van der Waals surface area (Å²) in [5, 5.41) is 0.416. The normalized spacial score (nSPS) is 9.80. The van der Waals surface area contributed by atoms with Gasteiger partial charge in [0.2, 0.25) is 0 Å². The average molecular weight is 292 g/mol. The van der Waals surface area contributed by atoms with Gasteiger partial charge in [0.1, 0.15) is 0 Å². The Hall–Kier alpha value is -0.870. The van der Waals surface area contributed by atoms with E-state index in [1.54, 1.807) is 6.07 Å². The molecule has 80 valence electrons. The van der Waals surface area contributed by atoms with Crippen molar-refractivity contribution in [3.8, 4) is 0 Å². The molecule has 0 N–H and O–H groups in total. The van der Waals surface area contributed by atoms with Gasteiger partial charge in [-0.2, -0.15) is 0 Å². The van der Waals surface area contributed by atoms with Crippen molar-refractivity contribution in [3.63, 3.8) is 0 Å². The maximum Gasteiger partial charge on any atom is 0.310 e. The summed E-state index contributed by atoms with van der Waals surface area (Å²) in [5.41, 5.74) is 1.05. The second-order valence-electron chi connectivity index (χ2n) is 2.84. The van der Waals surface area contributed by atoms with Crippen molar-refractivity contribution < 1.29 is 14.3 Å². The van der Waals surface area contributed by atoms with Crippen LogP contribution >= 0.6 is 27.5 Å². The molecule has 5 heteroatoms.